The van der Waals surface area contributed by atoms with Gasteiger partial charge in [-0.3, -0.25) is 4.90 Å². The van der Waals surface area contributed by atoms with E-state index in [4.69, 9.17) is 4.74 Å². The smallest absolute Gasteiger partial charge is 0.285 e. The Morgan fingerprint density at radius 2 is 1.92 bits per heavy atom. The number of β-amino-alcohol motifs (C(OH)–C–C–N with tert-alkyl or cyclic N) is 1. The molecule has 0 radical (unpaired) electrons. The maximum atomic E-state index is 12.1. The molecule has 0 aliphatic carbocycles. The molecular weight excluding hydrogens is 354 g/mol. The van der Waals surface area contributed by atoms with E-state index in [1.165, 1.54) is 0 Å². The fourth-order valence-electron chi connectivity index (χ4n) is 3.00. The summed E-state index contributed by atoms with van der Waals surface area (Å²) in [6, 6.07) is 6.93. The van der Waals surface area contributed by atoms with Crippen LogP contribution in [0.15, 0.2) is 33.6 Å². The second-order valence-corrected chi connectivity index (χ2v) is 7.36. The van der Waals surface area contributed by atoms with E-state index in [-0.39, 0.29) is 17.3 Å². The summed E-state index contributed by atoms with van der Waals surface area (Å²) in [5.74, 6) is 0.540. The number of hydrogen-bond donors (Lipinski definition) is 1. The van der Waals surface area contributed by atoms with Gasteiger partial charge in [0, 0.05) is 45.4 Å². The van der Waals surface area contributed by atoms with Crippen LogP contribution in [0.25, 0.3) is 0 Å². The third-order valence-electron chi connectivity index (χ3n) is 4.11. The largest absolute Gasteiger partial charge is 0.389 e. The number of aliphatic hydroxyl groups is 1. The zero-order valence-electron chi connectivity index (χ0n) is 13.5. The highest BCUT2D eigenvalue weighted by Crippen LogP contribution is 2.27. The number of nitrogens with zero attached hydrogens (tertiary/aromatic N) is 3. The van der Waals surface area contributed by atoms with Crippen LogP contribution in [0.4, 0.5) is 0 Å². The highest BCUT2D eigenvalue weighted by atomic mass is 35.5. The van der Waals surface area contributed by atoms with Gasteiger partial charge in [-0.25, -0.2) is 0 Å². The minimum Gasteiger partial charge on any atom is -0.389 e. The topological polar surface area (TPSA) is 82.4 Å². The maximum absolute atomic E-state index is 12.1. The van der Waals surface area contributed by atoms with E-state index in [9.17, 15) is 13.5 Å². The standard InChI is InChI=1S/C15H21N3O4S.ClH/c1-22-11-12(19)10-17-6-8-18(9-7-17)15-13-4-2-3-5-14(13)23(20,21)16-15;/h2-5,12,19H,6-11H2,1H3;1H. The molecule has 24 heavy (non-hydrogen) atoms. The third-order valence-corrected chi connectivity index (χ3v) is 5.44. The van der Waals surface area contributed by atoms with Gasteiger partial charge in [-0.15, -0.1) is 16.8 Å². The molecule has 1 unspecified atom stereocenters. The van der Waals surface area contributed by atoms with Crippen LogP contribution in [0.5, 0.6) is 0 Å². The Labute approximate surface area is 148 Å². The Morgan fingerprint density at radius 1 is 1.25 bits per heavy atom. The van der Waals surface area contributed by atoms with Crippen molar-refractivity contribution in [3.63, 3.8) is 0 Å². The zero-order chi connectivity index (χ0) is 16.4. The molecule has 2 aliphatic rings. The normalized spacial score (nSPS) is 20.9. The number of hydrogen-bond acceptors (Lipinski definition) is 6. The minimum atomic E-state index is -3.57. The lowest BCUT2D eigenvalue weighted by molar-refractivity contribution is 0.0298. The fourth-order valence-corrected chi connectivity index (χ4v) is 4.23. The van der Waals surface area contributed by atoms with Crippen LogP contribution in [0.1, 0.15) is 5.56 Å². The molecule has 0 bridgehead atoms. The molecule has 0 aromatic heterocycles. The number of sulfonamides is 1. The summed E-state index contributed by atoms with van der Waals surface area (Å²) in [6.45, 7) is 3.75. The van der Waals surface area contributed by atoms with Crippen LogP contribution < -0.4 is 0 Å². The summed E-state index contributed by atoms with van der Waals surface area (Å²) < 4.78 is 33.1. The number of benzene rings is 1. The highest BCUT2D eigenvalue weighted by molar-refractivity contribution is 7.90. The van der Waals surface area contributed by atoms with Gasteiger partial charge in [0.15, 0.2) is 5.84 Å². The number of ether oxygens (including phenoxy) is 1. The van der Waals surface area contributed by atoms with Crippen LogP contribution >= 0.6 is 12.4 Å². The lowest BCUT2D eigenvalue weighted by Crippen LogP contribution is -2.50. The lowest BCUT2D eigenvalue weighted by atomic mass is 10.1. The summed E-state index contributed by atoms with van der Waals surface area (Å²) in [5.41, 5.74) is 0.681. The molecule has 3 rings (SSSR count). The van der Waals surface area contributed by atoms with Crippen molar-refractivity contribution >= 4 is 28.3 Å². The number of fused-ring (bicyclic) bond motifs is 1. The molecule has 1 N–H and O–H groups in total. The van der Waals surface area contributed by atoms with Crippen molar-refractivity contribution in [1.82, 2.24) is 9.80 Å². The van der Waals surface area contributed by atoms with Gasteiger partial charge >= 0.3 is 0 Å². The number of piperazine rings is 1. The van der Waals surface area contributed by atoms with Crippen molar-refractivity contribution in [3.05, 3.63) is 29.8 Å². The van der Waals surface area contributed by atoms with Crippen molar-refractivity contribution in [2.75, 3.05) is 46.4 Å². The Hall–Kier alpha value is -1.19. The molecule has 1 saturated heterocycles. The minimum absolute atomic E-state index is 0. The summed E-state index contributed by atoms with van der Waals surface area (Å²) in [5, 5.41) is 9.79. The number of rotatable bonds is 4. The molecule has 1 fully saturated rings. The van der Waals surface area contributed by atoms with Gasteiger partial charge in [-0.05, 0) is 12.1 Å². The van der Waals surface area contributed by atoms with Gasteiger partial charge in [0.25, 0.3) is 10.0 Å². The summed E-state index contributed by atoms with van der Waals surface area (Å²) >= 11 is 0. The van der Waals surface area contributed by atoms with Gasteiger partial charge in [-0.1, -0.05) is 12.1 Å². The first-order chi connectivity index (χ1) is 11.0. The second kappa shape index (κ2) is 7.79. The predicted octanol–water partition coefficient (Wildman–Crippen LogP) is 0.182. The average molecular weight is 376 g/mol. The van der Waals surface area contributed by atoms with Crippen LogP contribution in [-0.4, -0.2) is 81.7 Å². The number of aliphatic hydroxyl groups excluding tert-OH is 1. The first kappa shape index (κ1) is 19.1. The van der Waals surface area contributed by atoms with Gasteiger partial charge < -0.3 is 14.7 Å². The van der Waals surface area contributed by atoms with Gasteiger partial charge in [0.05, 0.1) is 12.7 Å². The van der Waals surface area contributed by atoms with E-state index >= 15 is 0 Å². The van der Waals surface area contributed by atoms with Gasteiger partial charge in [0.1, 0.15) is 4.90 Å². The van der Waals surface area contributed by atoms with E-state index in [1.54, 1.807) is 25.3 Å². The summed E-state index contributed by atoms with van der Waals surface area (Å²) in [6.07, 6.45) is -0.503. The molecular formula is C15H22ClN3O4S. The molecule has 2 heterocycles. The third kappa shape index (κ3) is 3.89. The van der Waals surface area contributed by atoms with E-state index in [2.05, 4.69) is 9.30 Å². The first-order valence-corrected chi connectivity index (χ1v) is 9.04. The van der Waals surface area contributed by atoms with Crippen LogP contribution in [0, 0.1) is 0 Å². The molecule has 0 amide bonds. The summed E-state index contributed by atoms with van der Waals surface area (Å²) in [7, 11) is -2.00. The Kier molecular flexibility index (Phi) is 6.22. The molecule has 9 heteroatoms. The molecule has 2 aliphatic heterocycles. The van der Waals surface area contributed by atoms with Crippen molar-refractivity contribution in [1.29, 1.82) is 0 Å². The van der Waals surface area contributed by atoms with Gasteiger partial charge in [-0.2, -0.15) is 8.42 Å². The zero-order valence-corrected chi connectivity index (χ0v) is 15.1. The summed E-state index contributed by atoms with van der Waals surface area (Å²) in [4.78, 5) is 4.44. The molecule has 134 valence electrons. The quantitative estimate of drug-likeness (QED) is 0.808. The number of methoxy groups -OCH3 is 1. The Balaban J connectivity index is 0.00000208. The molecule has 1 aromatic rings. The predicted molar refractivity (Wildman–Crippen MR) is 93.3 cm³/mol. The Bertz CT molecular complexity index is 702. The molecule has 0 saturated carbocycles. The lowest BCUT2D eigenvalue weighted by Gasteiger charge is -2.36. The first-order valence-electron chi connectivity index (χ1n) is 7.60. The van der Waals surface area contributed by atoms with Crippen molar-refractivity contribution in [3.8, 4) is 0 Å². The van der Waals surface area contributed by atoms with Crippen LogP contribution in [0.3, 0.4) is 0 Å². The van der Waals surface area contributed by atoms with E-state index in [1.807, 2.05) is 11.0 Å². The van der Waals surface area contributed by atoms with Gasteiger partial charge in [0.2, 0.25) is 0 Å². The maximum Gasteiger partial charge on any atom is 0.285 e. The number of amidine groups is 1. The van der Waals surface area contributed by atoms with E-state index in [0.717, 1.165) is 13.1 Å². The Morgan fingerprint density at radius 3 is 2.58 bits per heavy atom. The second-order valence-electron chi connectivity index (χ2n) is 5.78. The van der Waals surface area contributed by atoms with E-state index in [0.29, 0.717) is 37.6 Å². The molecule has 1 atom stereocenters. The van der Waals surface area contributed by atoms with Crippen molar-refractivity contribution in [2.24, 2.45) is 4.40 Å². The number of halogens is 1. The average Bonchev–Trinajstić information content (AvgIpc) is 2.81. The van der Waals surface area contributed by atoms with Crippen LogP contribution in [-0.2, 0) is 14.8 Å². The highest BCUT2D eigenvalue weighted by Gasteiger charge is 2.32. The monoisotopic (exact) mass is 375 g/mol. The molecule has 0 spiro atoms. The fraction of sp³-hybridized carbons (Fsp3) is 0.533. The van der Waals surface area contributed by atoms with E-state index < -0.39 is 16.1 Å². The van der Waals surface area contributed by atoms with Crippen LogP contribution in [0.2, 0.25) is 0 Å². The van der Waals surface area contributed by atoms with Crippen molar-refractivity contribution in [2.45, 2.75) is 11.0 Å². The SMILES string of the molecule is COCC(O)CN1CCN(C2=NS(=O)(=O)c3ccccc32)CC1.Cl. The van der Waals surface area contributed by atoms with Crippen molar-refractivity contribution < 1.29 is 18.3 Å². The molecule has 1 aromatic carbocycles. The molecule has 7 nitrogen and oxygen atoms in total.